The number of anilines is 1. The predicted octanol–water partition coefficient (Wildman–Crippen LogP) is 4.14. The second kappa shape index (κ2) is 10.0. The molecule has 9 heteroatoms. The van der Waals surface area contributed by atoms with Crippen molar-refractivity contribution in [3.63, 3.8) is 0 Å². The van der Waals surface area contributed by atoms with Crippen LogP contribution < -0.4 is 26.0 Å². The zero-order valence-corrected chi connectivity index (χ0v) is 21.0. The highest BCUT2D eigenvalue weighted by molar-refractivity contribution is 7.18. The molecule has 0 aliphatic heterocycles. The van der Waals surface area contributed by atoms with Crippen LogP contribution in [0.4, 0.5) is 5.69 Å². The van der Waals surface area contributed by atoms with Crippen molar-refractivity contribution in [2.45, 2.75) is 39.2 Å². The molecule has 186 valence electrons. The Morgan fingerprint density at radius 3 is 2.39 bits per heavy atom. The molecule has 0 spiro atoms. The van der Waals surface area contributed by atoms with Crippen molar-refractivity contribution in [1.82, 2.24) is 9.13 Å². The number of carbonyl (C=O) groups excluding carboxylic acids is 1. The van der Waals surface area contributed by atoms with Crippen molar-refractivity contribution in [2.24, 2.45) is 0 Å². The SMILES string of the molecule is CCOc1ccc(-n2c(=O)c3c4c(sc3n(CC(=O)Nc3ccc(OC)cc3)c2=O)CCCC4)cc1. The van der Waals surface area contributed by atoms with E-state index in [0.717, 1.165) is 36.1 Å². The number of nitrogens with one attached hydrogen (secondary N) is 1. The standard InChI is InChI=1S/C27H27N3O5S/c1-3-35-20-14-10-18(11-15-20)30-25(32)24-21-6-4-5-7-22(21)36-26(24)29(27(30)33)16-23(31)28-17-8-12-19(34-2)13-9-17/h8-15H,3-7,16H2,1-2H3,(H,28,31). The second-order valence-corrected chi connectivity index (χ2v) is 9.69. The highest BCUT2D eigenvalue weighted by Gasteiger charge is 2.25. The predicted molar refractivity (Wildman–Crippen MR) is 141 cm³/mol. The largest absolute Gasteiger partial charge is 0.497 e. The molecule has 8 nitrogen and oxygen atoms in total. The van der Waals surface area contributed by atoms with Crippen LogP contribution in [0, 0.1) is 0 Å². The molecule has 5 rings (SSSR count). The number of ether oxygens (including phenoxy) is 2. The van der Waals surface area contributed by atoms with Gasteiger partial charge >= 0.3 is 5.69 Å². The highest BCUT2D eigenvalue weighted by Crippen LogP contribution is 2.34. The molecule has 1 amide bonds. The molecule has 0 bridgehead atoms. The number of rotatable bonds is 7. The average molecular weight is 506 g/mol. The Kier molecular flexibility index (Phi) is 6.65. The first-order chi connectivity index (χ1) is 17.5. The fraction of sp³-hybridized carbons (Fsp3) is 0.296. The third-order valence-electron chi connectivity index (χ3n) is 6.32. The average Bonchev–Trinajstić information content (AvgIpc) is 3.28. The molecule has 0 radical (unpaired) electrons. The lowest BCUT2D eigenvalue weighted by Gasteiger charge is -2.14. The van der Waals surface area contributed by atoms with Gasteiger partial charge < -0.3 is 14.8 Å². The molecule has 36 heavy (non-hydrogen) atoms. The van der Waals surface area contributed by atoms with Crippen LogP contribution in [0.1, 0.15) is 30.2 Å². The molecule has 0 saturated heterocycles. The Labute approximate surface area is 211 Å². The van der Waals surface area contributed by atoms with Gasteiger partial charge in [0.1, 0.15) is 22.9 Å². The van der Waals surface area contributed by atoms with E-state index in [9.17, 15) is 14.4 Å². The highest BCUT2D eigenvalue weighted by atomic mass is 32.1. The number of hydrogen-bond donors (Lipinski definition) is 1. The lowest BCUT2D eigenvalue weighted by Crippen LogP contribution is -2.40. The lowest BCUT2D eigenvalue weighted by atomic mass is 9.97. The molecule has 2 heterocycles. The Hall–Kier alpha value is -3.85. The second-order valence-electron chi connectivity index (χ2n) is 8.60. The summed E-state index contributed by atoms with van der Waals surface area (Å²) in [6.45, 7) is 2.20. The number of aromatic nitrogens is 2. The number of fused-ring (bicyclic) bond motifs is 3. The molecule has 0 fully saturated rings. The van der Waals surface area contributed by atoms with Crippen LogP contribution in [0.3, 0.4) is 0 Å². The zero-order valence-electron chi connectivity index (χ0n) is 20.2. The van der Waals surface area contributed by atoms with E-state index in [0.29, 0.717) is 39.7 Å². The first-order valence-electron chi connectivity index (χ1n) is 12.0. The Morgan fingerprint density at radius 2 is 1.69 bits per heavy atom. The summed E-state index contributed by atoms with van der Waals surface area (Å²) in [6.07, 6.45) is 3.72. The summed E-state index contributed by atoms with van der Waals surface area (Å²) >= 11 is 1.45. The van der Waals surface area contributed by atoms with Crippen LogP contribution in [0.5, 0.6) is 11.5 Å². The minimum absolute atomic E-state index is 0.210. The van der Waals surface area contributed by atoms with Gasteiger partial charge in [0, 0.05) is 10.6 Å². The van der Waals surface area contributed by atoms with Gasteiger partial charge in [-0.3, -0.25) is 14.2 Å². The number of hydrogen-bond acceptors (Lipinski definition) is 6. The van der Waals surface area contributed by atoms with Gasteiger partial charge in [-0.15, -0.1) is 11.3 Å². The third kappa shape index (κ3) is 4.42. The molecule has 1 N–H and O–H groups in total. The maximum Gasteiger partial charge on any atom is 0.337 e. The number of thiophene rings is 1. The molecule has 2 aromatic carbocycles. The molecular formula is C27H27N3O5S. The molecule has 4 aromatic rings. The van der Waals surface area contributed by atoms with Gasteiger partial charge in [-0.2, -0.15) is 0 Å². The summed E-state index contributed by atoms with van der Waals surface area (Å²) in [5.41, 5.74) is 1.16. The smallest absolute Gasteiger partial charge is 0.337 e. The number of methoxy groups -OCH3 is 1. The minimum Gasteiger partial charge on any atom is -0.497 e. The summed E-state index contributed by atoms with van der Waals surface area (Å²) in [7, 11) is 1.57. The van der Waals surface area contributed by atoms with Crippen molar-refractivity contribution in [1.29, 1.82) is 0 Å². The first kappa shape index (κ1) is 23.9. The summed E-state index contributed by atoms with van der Waals surface area (Å²) in [5, 5.41) is 3.38. The van der Waals surface area contributed by atoms with Crippen molar-refractivity contribution >= 4 is 33.1 Å². The van der Waals surface area contributed by atoms with Crippen LogP contribution in [0.15, 0.2) is 58.1 Å². The maximum absolute atomic E-state index is 13.7. The van der Waals surface area contributed by atoms with E-state index in [-0.39, 0.29) is 18.0 Å². The van der Waals surface area contributed by atoms with E-state index >= 15 is 0 Å². The number of amides is 1. The normalized spacial score (nSPS) is 12.8. The molecule has 0 saturated carbocycles. The van der Waals surface area contributed by atoms with Crippen molar-refractivity contribution in [3.8, 4) is 17.2 Å². The third-order valence-corrected chi connectivity index (χ3v) is 7.63. The van der Waals surface area contributed by atoms with Crippen LogP contribution in [0.2, 0.25) is 0 Å². The Bertz CT molecular complexity index is 1530. The summed E-state index contributed by atoms with van der Waals surface area (Å²) in [6, 6.07) is 13.8. The van der Waals surface area contributed by atoms with Crippen molar-refractivity contribution in [2.75, 3.05) is 19.0 Å². The van der Waals surface area contributed by atoms with Gasteiger partial charge in [-0.1, -0.05) is 0 Å². The van der Waals surface area contributed by atoms with E-state index in [4.69, 9.17) is 9.47 Å². The molecule has 1 aliphatic rings. The van der Waals surface area contributed by atoms with Gasteiger partial charge in [0.2, 0.25) is 5.91 Å². The van der Waals surface area contributed by atoms with Crippen LogP contribution in [-0.2, 0) is 24.2 Å². The van der Waals surface area contributed by atoms with Gasteiger partial charge in [-0.25, -0.2) is 9.36 Å². The van der Waals surface area contributed by atoms with E-state index in [2.05, 4.69) is 5.32 Å². The molecule has 0 atom stereocenters. The van der Waals surface area contributed by atoms with Crippen LogP contribution in [0.25, 0.3) is 15.9 Å². The van der Waals surface area contributed by atoms with Gasteiger partial charge in [-0.05, 0) is 86.7 Å². The number of nitrogens with zero attached hydrogens (tertiary/aromatic N) is 2. The molecular weight excluding hydrogens is 478 g/mol. The Morgan fingerprint density at radius 1 is 1.00 bits per heavy atom. The quantitative estimate of drug-likeness (QED) is 0.408. The van der Waals surface area contributed by atoms with Crippen LogP contribution in [-0.4, -0.2) is 28.8 Å². The van der Waals surface area contributed by atoms with E-state index in [1.54, 1.807) is 55.6 Å². The summed E-state index contributed by atoms with van der Waals surface area (Å²) in [5.74, 6) is 0.979. The fourth-order valence-corrected chi connectivity index (χ4v) is 5.98. The van der Waals surface area contributed by atoms with E-state index in [1.165, 1.54) is 20.5 Å². The molecule has 0 unspecified atom stereocenters. The van der Waals surface area contributed by atoms with Crippen LogP contribution >= 0.6 is 11.3 Å². The van der Waals surface area contributed by atoms with Gasteiger partial charge in [0.05, 0.1) is 24.8 Å². The van der Waals surface area contributed by atoms with Gasteiger partial charge in [0.25, 0.3) is 5.56 Å². The summed E-state index contributed by atoms with van der Waals surface area (Å²) in [4.78, 5) is 42.1. The number of carbonyl (C=O) groups is 1. The fourth-order valence-electron chi connectivity index (χ4n) is 4.61. The van der Waals surface area contributed by atoms with E-state index in [1.807, 2.05) is 6.92 Å². The molecule has 1 aliphatic carbocycles. The van der Waals surface area contributed by atoms with Crippen molar-refractivity contribution in [3.05, 3.63) is 79.8 Å². The lowest BCUT2D eigenvalue weighted by molar-refractivity contribution is -0.116. The topological polar surface area (TPSA) is 91.6 Å². The molecule has 2 aromatic heterocycles. The number of benzene rings is 2. The van der Waals surface area contributed by atoms with Gasteiger partial charge in [0.15, 0.2) is 0 Å². The maximum atomic E-state index is 13.7. The summed E-state index contributed by atoms with van der Waals surface area (Å²) < 4.78 is 13.3. The van der Waals surface area contributed by atoms with Crippen molar-refractivity contribution < 1.29 is 14.3 Å². The number of aryl methyl sites for hydroxylation is 2. The first-order valence-corrected chi connectivity index (χ1v) is 12.8. The van der Waals surface area contributed by atoms with E-state index < -0.39 is 5.69 Å². The minimum atomic E-state index is -0.542. The monoisotopic (exact) mass is 505 g/mol. The zero-order chi connectivity index (χ0) is 25.2. The Balaban J connectivity index is 1.60.